The molecule has 3 rings (SSSR count). The zero-order valence-corrected chi connectivity index (χ0v) is 12.5. The Kier molecular flexibility index (Phi) is 3.70. The molecule has 0 aliphatic carbocycles. The Morgan fingerprint density at radius 1 is 1.00 bits per heavy atom. The Labute approximate surface area is 128 Å². The van der Waals surface area contributed by atoms with Crippen LogP contribution in [0.4, 0.5) is 4.39 Å². The van der Waals surface area contributed by atoms with E-state index in [0.717, 1.165) is 23.3 Å². The standard InChI is InChI=1S/C16H14FNO3S/c17-14-5-7-15(8-6-14)22(20,21)11-16(19)18-9-12-3-1-2-4-13(12)10-18/h1-8H,9-11H2. The second-order valence-electron chi connectivity index (χ2n) is 5.23. The molecule has 1 amide bonds. The van der Waals surface area contributed by atoms with Crippen molar-refractivity contribution < 1.29 is 17.6 Å². The molecule has 2 aromatic carbocycles. The lowest BCUT2D eigenvalue weighted by Gasteiger charge is -2.15. The van der Waals surface area contributed by atoms with Gasteiger partial charge in [0.25, 0.3) is 0 Å². The minimum absolute atomic E-state index is 0.0426. The largest absolute Gasteiger partial charge is 0.333 e. The number of hydrogen-bond donors (Lipinski definition) is 0. The first-order valence-corrected chi connectivity index (χ1v) is 8.44. The van der Waals surface area contributed by atoms with Crippen molar-refractivity contribution in [3.05, 3.63) is 65.5 Å². The summed E-state index contributed by atoms with van der Waals surface area (Å²) in [5.41, 5.74) is 2.07. The Morgan fingerprint density at radius 2 is 1.55 bits per heavy atom. The maximum atomic E-state index is 12.9. The number of amides is 1. The predicted molar refractivity (Wildman–Crippen MR) is 79.1 cm³/mol. The fourth-order valence-electron chi connectivity index (χ4n) is 2.49. The molecular weight excluding hydrogens is 305 g/mol. The number of rotatable bonds is 3. The van der Waals surface area contributed by atoms with Crippen molar-refractivity contribution in [2.24, 2.45) is 0 Å². The highest BCUT2D eigenvalue weighted by atomic mass is 32.2. The monoisotopic (exact) mass is 319 g/mol. The lowest BCUT2D eigenvalue weighted by molar-refractivity contribution is -0.129. The van der Waals surface area contributed by atoms with E-state index in [4.69, 9.17) is 0 Å². The molecule has 6 heteroatoms. The van der Waals surface area contributed by atoms with E-state index in [1.165, 1.54) is 17.0 Å². The number of hydrogen-bond acceptors (Lipinski definition) is 3. The quantitative estimate of drug-likeness (QED) is 0.815. The van der Waals surface area contributed by atoms with Crippen molar-refractivity contribution in [1.29, 1.82) is 0 Å². The van der Waals surface area contributed by atoms with Gasteiger partial charge in [-0.1, -0.05) is 24.3 Å². The number of nitrogens with zero attached hydrogens (tertiary/aromatic N) is 1. The maximum Gasteiger partial charge on any atom is 0.238 e. The van der Waals surface area contributed by atoms with E-state index in [-0.39, 0.29) is 4.90 Å². The molecule has 0 saturated heterocycles. The maximum absolute atomic E-state index is 12.9. The second kappa shape index (κ2) is 5.53. The van der Waals surface area contributed by atoms with Gasteiger partial charge in [0.15, 0.2) is 9.84 Å². The van der Waals surface area contributed by atoms with Crippen LogP contribution in [0.1, 0.15) is 11.1 Å². The highest BCUT2D eigenvalue weighted by Crippen LogP contribution is 2.23. The van der Waals surface area contributed by atoms with E-state index in [2.05, 4.69) is 0 Å². The first-order valence-electron chi connectivity index (χ1n) is 6.78. The molecular formula is C16H14FNO3S. The van der Waals surface area contributed by atoms with Crippen LogP contribution in [0.25, 0.3) is 0 Å². The first kappa shape index (κ1) is 14.7. The summed E-state index contributed by atoms with van der Waals surface area (Å²) in [6.45, 7) is 0.849. The van der Waals surface area contributed by atoms with Gasteiger partial charge in [-0.25, -0.2) is 12.8 Å². The molecule has 0 atom stereocenters. The Hall–Kier alpha value is -2.21. The smallest absolute Gasteiger partial charge is 0.238 e. The van der Waals surface area contributed by atoms with Crippen LogP contribution in [0.5, 0.6) is 0 Å². The summed E-state index contributed by atoms with van der Waals surface area (Å²) in [4.78, 5) is 13.7. The van der Waals surface area contributed by atoms with Gasteiger partial charge >= 0.3 is 0 Å². The van der Waals surface area contributed by atoms with E-state index in [9.17, 15) is 17.6 Å². The molecule has 0 unspecified atom stereocenters. The minimum atomic E-state index is -3.76. The van der Waals surface area contributed by atoms with Gasteiger partial charge in [-0.2, -0.15) is 0 Å². The van der Waals surface area contributed by atoms with Crippen LogP contribution in [0.3, 0.4) is 0 Å². The molecule has 0 fully saturated rings. The van der Waals surface area contributed by atoms with Crippen molar-refractivity contribution in [2.75, 3.05) is 5.75 Å². The summed E-state index contributed by atoms with van der Waals surface area (Å²) in [7, 11) is -3.76. The summed E-state index contributed by atoms with van der Waals surface area (Å²) in [6, 6.07) is 12.1. The summed E-state index contributed by atoms with van der Waals surface area (Å²) >= 11 is 0. The molecule has 4 nitrogen and oxygen atoms in total. The van der Waals surface area contributed by atoms with Gasteiger partial charge in [-0.15, -0.1) is 0 Å². The van der Waals surface area contributed by atoms with Crippen molar-refractivity contribution in [3.8, 4) is 0 Å². The van der Waals surface area contributed by atoms with Crippen LogP contribution in [0, 0.1) is 5.82 Å². The van der Waals surface area contributed by atoms with Crippen LogP contribution in [0.2, 0.25) is 0 Å². The van der Waals surface area contributed by atoms with E-state index in [0.29, 0.717) is 13.1 Å². The number of fused-ring (bicyclic) bond motifs is 1. The average Bonchev–Trinajstić information content (AvgIpc) is 2.91. The highest BCUT2D eigenvalue weighted by Gasteiger charge is 2.27. The molecule has 0 bridgehead atoms. The van der Waals surface area contributed by atoms with Crippen LogP contribution in [-0.4, -0.2) is 25.0 Å². The van der Waals surface area contributed by atoms with Gasteiger partial charge in [0.1, 0.15) is 11.6 Å². The molecule has 0 saturated carbocycles. The van der Waals surface area contributed by atoms with E-state index < -0.39 is 27.3 Å². The average molecular weight is 319 g/mol. The van der Waals surface area contributed by atoms with Crippen LogP contribution >= 0.6 is 0 Å². The predicted octanol–water partition coefficient (Wildman–Crippen LogP) is 2.14. The van der Waals surface area contributed by atoms with Crippen molar-refractivity contribution in [1.82, 2.24) is 4.90 Å². The number of benzene rings is 2. The third kappa shape index (κ3) is 2.87. The zero-order chi connectivity index (χ0) is 15.7. The topological polar surface area (TPSA) is 54.5 Å². The molecule has 0 spiro atoms. The van der Waals surface area contributed by atoms with E-state index in [1.54, 1.807) is 0 Å². The fraction of sp³-hybridized carbons (Fsp3) is 0.188. The first-order chi connectivity index (χ1) is 10.5. The van der Waals surface area contributed by atoms with Crippen molar-refractivity contribution in [3.63, 3.8) is 0 Å². The SMILES string of the molecule is O=C(CS(=O)(=O)c1ccc(F)cc1)N1Cc2ccccc2C1. The van der Waals surface area contributed by atoms with Gasteiger partial charge < -0.3 is 4.90 Å². The second-order valence-corrected chi connectivity index (χ2v) is 7.22. The lowest BCUT2D eigenvalue weighted by Crippen LogP contribution is -2.31. The normalized spacial score (nSPS) is 14.0. The summed E-state index contributed by atoms with van der Waals surface area (Å²) < 4.78 is 37.3. The molecule has 2 aromatic rings. The van der Waals surface area contributed by atoms with Crippen LogP contribution in [0.15, 0.2) is 53.4 Å². The molecule has 114 valence electrons. The Balaban J connectivity index is 1.74. The van der Waals surface area contributed by atoms with Gasteiger partial charge in [0.05, 0.1) is 4.90 Å². The number of sulfone groups is 1. The van der Waals surface area contributed by atoms with Gasteiger partial charge in [-0.3, -0.25) is 4.79 Å². The molecule has 1 heterocycles. The van der Waals surface area contributed by atoms with Crippen molar-refractivity contribution in [2.45, 2.75) is 18.0 Å². The van der Waals surface area contributed by atoms with Gasteiger partial charge in [0, 0.05) is 13.1 Å². The zero-order valence-electron chi connectivity index (χ0n) is 11.7. The summed E-state index contributed by atoms with van der Waals surface area (Å²) in [5.74, 6) is -1.56. The minimum Gasteiger partial charge on any atom is -0.333 e. The molecule has 0 aromatic heterocycles. The highest BCUT2D eigenvalue weighted by molar-refractivity contribution is 7.92. The molecule has 1 aliphatic rings. The van der Waals surface area contributed by atoms with Crippen LogP contribution < -0.4 is 0 Å². The van der Waals surface area contributed by atoms with E-state index in [1.807, 2.05) is 24.3 Å². The van der Waals surface area contributed by atoms with Crippen molar-refractivity contribution >= 4 is 15.7 Å². The third-order valence-corrected chi connectivity index (χ3v) is 5.30. The van der Waals surface area contributed by atoms with Gasteiger partial charge in [-0.05, 0) is 35.4 Å². The number of carbonyl (C=O) groups excluding carboxylic acids is 1. The van der Waals surface area contributed by atoms with Gasteiger partial charge in [0.2, 0.25) is 5.91 Å². The Morgan fingerprint density at radius 3 is 2.09 bits per heavy atom. The molecule has 22 heavy (non-hydrogen) atoms. The lowest BCUT2D eigenvalue weighted by atomic mass is 10.1. The molecule has 1 aliphatic heterocycles. The fourth-order valence-corrected chi connectivity index (χ4v) is 3.71. The number of carbonyl (C=O) groups is 1. The summed E-state index contributed by atoms with van der Waals surface area (Å²) in [6.07, 6.45) is 0. The molecule has 0 radical (unpaired) electrons. The summed E-state index contributed by atoms with van der Waals surface area (Å²) in [5, 5.41) is 0. The number of halogens is 1. The third-order valence-electron chi connectivity index (χ3n) is 3.68. The van der Waals surface area contributed by atoms with Crippen LogP contribution in [-0.2, 0) is 27.7 Å². The van der Waals surface area contributed by atoms with E-state index >= 15 is 0 Å². The Bertz CT molecular complexity index is 791. The molecule has 0 N–H and O–H groups in total.